The van der Waals surface area contributed by atoms with E-state index in [0.29, 0.717) is 35.4 Å². The van der Waals surface area contributed by atoms with Crippen LogP contribution in [0.4, 0.5) is 5.69 Å². The van der Waals surface area contributed by atoms with Crippen LogP contribution in [0.1, 0.15) is 39.3 Å². The summed E-state index contributed by atoms with van der Waals surface area (Å²) in [6.45, 7) is 3.00. The first-order chi connectivity index (χ1) is 14.5. The van der Waals surface area contributed by atoms with Gasteiger partial charge in [-0.25, -0.2) is 0 Å². The van der Waals surface area contributed by atoms with Crippen molar-refractivity contribution in [3.63, 3.8) is 0 Å². The lowest BCUT2D eigenvalue weighted by molar-refractivity contribution is 0.0858. The van der Waals surface area contributed by atoms with Crippen molar-refractivity contribution in [1.29, 1.82) is 0 Å². The van der Waals surface area contributed by atoms with Crippen LogP contribution in [0.2, 0.25) is 0 Å². The largest absolute Gasteiger partial charge is 0.451 e. The number of rotatable bonds is 5. The molecule has 2 heterocycles. The second-order valence-electron chi connectivity index (χ2n) is 7.32. The molecule has 1 aliphatic rings. The summed E-state index contributed by atoms with van der Waals surface area (Å²) in [6.07, 6.45) is 1.93. The van der Waals surface area contributed by atoms with Crippen molar-refractivity contribution in [2.24, 2.45) is 0 Å². The average Bonchev–Trinajstić information content (AvgIpc) is 3.26. The second-order valence-corrected chi connectivity index (χ2v) is 7.32. The number of hydrogen-bond acceptors (Lipinski definition) is 5. The fourth-order valence-corrected chi connectivity index (χ4v) is 3.46. The van der Waals surface area contributed by atoms with E-state index in [4.69, 9.17) is 9.15 Å². The number of benzene rings is 2. The molecule has 3 aromatic rings. The van der Waals surface area contributed by atoms with Gasteiger partial charge in [0.25, 0.3) is 11.8 Å². The number of carbonyl (C=O) groups excluding carboxylic acids is 2. The van der Waals surface area contributed by atoms with E-state index in [0.717, 1.165) is 24.5 Å². The van der Waals surface area contributed by atoms with E-state index in [9.17, 15) is 14.4 Å². The lowest BCUT2D eigenvalue weighted by atomic mass is 10.1. The Kier molecular flexibility index (Phi) is 5.63. The zero-order chi connectivity index (χ0) is 21.1. The molecule has 4 rings (SSSR count). The summed E-state index contributed by atoms with van der Waals surface area (Å²) < 4.78 is 11.1. The van der Waals surface area contributed by atoms with Crippen molar-refractivity contribution in [3.8, 4) is 0 Å². The lowest BCUT2D eigenvalue weighted by Crippen LogP contribution is -2.32. The van der Waals surface area contributed by atoms with Gasteiger partial charge in [-0.1, -0.05) is 23.8 Å². The maximum Gasteiger partial charge on any atom is 0.291 e. The molecule has 2 aromatic carbocycles. The molecule has 7 heteroatoms. The SMILES string of the molecule is Cc1ccc2oc(C(=O)Nc3ccccc3C(=O)NC[C@@H]3CCCO3)cc(=O)c2c1. The van der Waals surface area contributed by atoms with Crippen molar-refractivity contribution in [3.05, 3.63) is 75.6 Å². The maximum atomic E-state index is 12.7. The molecule has 30 heavy (non-hydrogen) atoms. The molecule has 1 fully saturated rings. The summed E-state index contributed by atoms with van der Waals surface area (Å²) in [5.41, 5.74) is 1.62. The van der Waals surface area contributed by atoms with Crippen molar-refractivity contribution in [2.45, 2.75) is 25.9 Å². The van der Waals surface area contributed by atoms with Crippen LogP contribution in [0.25, 0.3) is 11.0 Å². The Morgan fingerprint density at radius 1 is 1.10 bits per heavy atom. The standard InChI is InChI=1S/C23H22N2O5/c1-14-8-9-20-17(11-14)19(26)12-21(30-20)23(28)25-18-7-3-2-6-16(18)22(27)24-13-15-5-4-10-29-15/h2-3,6-9,11-12,15H,4-5,10,13H2,1H3,(H,24,27)(H,25,28)/t15-/m0/s1. The van der Waals surface area contributed by atoms with Gasteiger partial charge in [-0.15, -0.1) is 0 Å². The molecule has 1 aromatic heterocycles. The third-order valence-electron chi connectivity index (χ3n) is 5.04. The molecular weight excluding hydrogens is 384 g/mol. The number of fused-ring (bicyclic) bond motifs is 1. The lowest BCUT2D eigenvalue weighted by Gasteiger charge is -2.13. The quantitative estimate of drug-likeness (QED) is 0.678. The van der Waals surface area contributed by atoms with Crippen LogP contribution in [-0.2, 0) is 4.74 Å². The zero-order valence-corrected chi connectivity index (χ0v) is 16.6. The molecular formula is C23H22N2O5. The van der Waals surface area contributed by atoms with E-state index in [-0.39, 0.29) is 23.2 Å². The number of anilines is 1. The third-order valence-corrected chi connectivity index (χ3v) is 5.04. The van der Waals surface area contributed by atoms with Crippen LogP contribution in [0.15, 0.2) is 57.7 Å². The highest BCUT2D eigenvalue weighted by atomic mass is 16.5. The molecule has 0 unspecified atom stereocenters. The molecule has 1 saturated heterocycles. The number of amides is 2. The van der Waals surface area contributed by atoms with E-state index in [1.807, 2.05) is 6.92 Å². The molecule has 0 saturated carbocycles. The Labute approximate surface area is 173 Å². The number of aryl methyl sites for hydroxylation is 1. The Balaban J connectivity index is 1.53. The Hall–Kier alpha value is -3.45. The van der Waals surface area contributed by atoms with Crippen LogP contribution in [0.5, 0.6) is 0 Å². The second kappa shape index (κ2) is 8.51. The fraction of sp³-hybridized carbons (Fsp3) is 0.261. The van der Waals surface area contributed by atoms with Crippen LogP contribution in [-0.4, -0.2) is 31.1 Å². The minimum absolute atomic E-state index is 0.0196. The van der Waals surface area contributed by atoms with Crippen LogP contribution >= 0.6 is 0 Å². The van der Waals surface area contributed by atoms with Gasteiger partial charge in [-0.2, -0.15) is 0 Å². The number of para-hydroxylation sites is 1. The summed E-state index contributed by atoms with van der Waals surface area (Å²) in [5, 5.41) is 5.94. The normalized spacial score (nSPS) is 15.8. The van der Waals surface area contributed by atoms with Gasteiger partial charge >= 0.3 is 0 Å². The predicted molar refractivity (Wildman–Crippen MR) is 113 cm³/mol. The van der Waals surface area contributed by atoms with Crippen molar-refractivity contribution < 1.29 is 18.7 Å². The Bertz CT molecular complexity index is 1160. The molecule has 1 aliphatic heterocycles. The van der Waals surface area contributed by atoms with Crippen LogP contribution < -0.4 is 16.1 Å². The van der Waals surface area contributed by atoms with Crippen molar-refractivity contribution >= 4 is 28.5 Å². The highest BCUT2D eigenvalue weighted by Crippen LogP contribution is 2.19. The third kappa shape index (κ3) is 4.26. The number of carbonyl (C=O) groups is 2. The highest BCUT2D eigenvalue weighted by molar-refractivity contribution is 6.08. The van der Waals surface area contributed by atoms with Gasteiger partial charge in [0.05, 0.1) is 22.7 Å². The summed E-state index contributed by atoms with van der Waals surface area (Å²) in [5.74, 6) is -1.03. The highest BCUT2D eigenvalue weighted by Gasteiger charge is 2.19. The van der Waals surface area contributed by atoms with Crippen LogP contribution in [0.3, 0.4) is 0 Å². The molecule has 2 N–H and O–H groups in total. The molecule has 0 bridgehead atoms. The molecule has 0 spiro atoms. The van der Waals surface area contributed by atoms with E-state index >= 15 is 0 Å². The van der Waals surface area contributed by atoms with E-state index in [1.54, 1.807) is 42.5 Å². The smallest absolute Gasteiger partial charge is 0.291 e. The number of ether oxygens (including phenoxy) is 1. The Morgan fingerprint density at radius 3 is 2.73 bits per heavy atom. The predicted octanol–water partition coefficient (Wildman–Crippen LogP) is 3.26. The maximum absolute atomic E-state index is 12.7. The van der Waals surface area contributed by atoms with E-state index in [1.165, 1.54) is 0 Å². The topological polar surface area (TPSA) is 97.6 Å². The minimum atomic E-state index is -0.603. The first kappa shape index (κ1) is 19.8. The van der Waals surface area contributed by atoms with Crippen LogP contribution in [0, 0.1) is 6.92 Å². The summed E-state index contributed by atoms with van der Waals surface area (Å²) >= 11 is 0. The monoisotopic (exact) mass is 406 g/mol. The molecule has 1 atom stereocenters. The van der Waals surface area contributed by atoms with Gasteiger partial charge in [-0.05, 0) is 44.0 Å². The van der Waals surface area contributed by atoms with Gasteiger partial charge in [0.1, 0.15) is 5.58 Å². The minimum Gasteiger partial charge on any atom is -0.451 e. The van der Waals surface area contributed by atoms with Gasteiger partial charge in [-0.3, -0.25) is 14.4 Å². The van der Waals surface area contributed by atoms with Gasteiger partial charge < -0.3 is 19.8 Å². The van der Waals surface area contributed by atoms with Crippen molar-refractivity contribution in [1.82, 2.24) is 5.32 Å². The van der Waals surface area contributed by atoms with E-state index in [2.05, 4.69) is 10.6 Å². The number of nitrogens with one attached hydrogen (secondary N) is 2. The zero-order valence-electron chi connectivity index (χ0n) is 16.6. The summed E-state index contributed by atoms with van der Waals surface area (Å²) in [4.78, 5) is 37.7. The summed E-state index contributed by atoms with van der Waals surface area (Å²) in [7, 11) is 0. The molecule has 0 aliphatic carbocycles. The first-order valence-electron chi connectivity index (χ1n) is 9.86. The van der Waals surface area contributed by atoms with Gasteiger partial charge in [0, 0.05) is 19.2 Å². The Morgan fingerprint density at radius 2 is 1.93 bits per heavy atom. The molecule has 2 amide bonds. The van der Waals surface area contributed by atoms with Gasteiger partial charge in [0.2, 0.25) is 0 Å². The molecule has 7 nitrogen and oxygen atoms in total. The van der Waals surface area contributed by atoms with E-state index < -0.39 is 5.91 Å². The fourth-order valence-electron chi connectivity index (χ4n) is 3.46. The average molecular weight is 406 g/mol. The molecule has 0 radical (unpaired) electrons. The van der Waals surface area contributed by atoms with Crippen molar-refractivity contribution in [2.75, 3.05) is 18.5 Å². The number of hydrogen-bond donors (Lipinski definition) is 2. The summed E-state index contributed by atoms with van der Waals surface area (Å²) in [6, 6.07) is 13.0. The first-order valence-corrected chi connectivity index (χ1v) is 9.86. The van der Waals surface area contributed by atoms with Gasteiger partial charge in [0.15, 0.2) is 11.2 Å². The molecule has 154 valence electrons.